The molecule has 1 N–H and O–H groups in total. The van der Waals surface area contributed by atoms with Crippen LogP contribution in [0.25, 0.3) is 0 Å². The molecule has 23 heavy (non-hydrogen) atoms. The molecule has 0 unspecified atom stereocenters. The van der Waals surface area contributed by atoms with Crippen LogP contribution in [0.1, 0.15) is 22.6 Å². The van der Waals surface area contributed by atoms with Crippen LogP contribution in [-0.2, 0) is 16.6 Å². The summed E-state index contributed by atoms with van der Waals surface area (Å²) in [6, 6.07) is 7.80. The Labute approximate surface area is 146 Å². The van der Waals surface area contributed by atoms with Gasteiger partial charge in [0.05, 0.1) is 0 Å². The molecule has 0 atom stereocenters. The van der Waals surface area contributed by atoms with Gasteiger partial charge in [-0.15, -0.1) is 22.7 Å². The molecular formula is C16H22N2O2S3. The van der Waals surface area contributed by atoms with E-state index < -0.39 is 10.0 Å². The Kier molecular flexibility index (Phi) is 5.53. The molecule has 1 aliphatic rings. The number of hydrogen-bond donors (Lipinski definition) is 1. The van der Waals surface area contributed by atoms with Gasteiger partial charge >= 0.3 is 0 Å². The molecule has 0 bridgehead atoms. The van der Waals surface area contributed by atoms with Gasteiger partial charge in [0.15, 0.2) is 0 Å². The number of nitrogens with one attached hydrogen (secondary N) is 1. The predicted molar refractivity (Wildman–Crippen MR) is 96.6 cm³/mol. The Balaban J connectivity index is 1.45. The second-order valence-corrected chi connectivity index (χ2v) is 10.3. The summed E-state index contributed by atoms with van der Waals surface area (Å²) in [5.41, 5.74) is 0. The summed E-state index contributed by atoms with van der Waals surface area (Å²) < 4.78 is 27.7. The topological polar surface area (TPSA) is 49.4 Å². The molecule has 2 aromatic heterocycles. The minimum absolute atomic E-state index is 0.421. The van der Waals surface area contributed by atoms with E-state index in [0.29, 0.717) is 16.7 Å². The van der Waals surface area contributed by atoms with Gasteiger partial charge in [-0.25, -0.2) is 13.1 Å². The van der Waals surface area contributed by atoms with Crippen LogP contribution in [0.3, 0.4) is 0 Å². The lowest BCUT2D eigenvalue weighted by atomic mass is 9.97. The molecule has 3 rings (SSSR count). The number of thiophene rings is 2. The van der Waals surface area contributed by atoms with E-state index in [9.17, 15) is 8.42 Å². The maximum atomic E-state index is 12.3. The number of aryl methyl sites for hydroxylation is 1. The number of rotatable bonds is 6. The van der Waals surface area contributed by atoms with Crippen LogP contribution in [0, 0.1) is 12.8 Å². The first kappa shape index (κ1) is 17.1. The molecule has 0 radical (unpaired) electrons. The highest BCUT2D eigenvalue weighted by molar-refractivity contribution is 7.91. The number of sulfonamides is 1. The Hall–Kier alpha value is -0.730. The molecular weight excluding hydrogens is 348 g/mol. The van der Waals surface area contributed by atoms with Crippen LogP contribution in [0.2, 0.25) is 0 Å². The van der Waals surface area contributed by atoms with Crippen molar-refractivity contribution in [1.29, 1.82) is 0 Å². The molecule has 0 spiro atoms. The fourth-order valence-electron chi connectivity index (χ4n) is 2.83. The number of hydrogen-bond acceptors (Lipinski definition) is 5. The van der Waals surface area contributed by atoms with E-state index in [1.807, 2.05) is 13.0 Å². The van der Waals surface area contributed by atoms with Crippen LogP contribution in [0.15, 0.2) is 33.9 Å². The molecule has 0 aliphatic carbocycles. The van der Waals surface area contributed by atoms with Crippen molar-refractivity contribution in [1.82, 2.24) is 9.62 Å². The molecule has 3 heterocycles. The monoisotopic (exact) mass is 370 g/mol. The summed E-state index contributed by atoms with van der Waals surface area (Å²) in [6.07, 6.45) is 2.11. The molecule has 0 saturated carbocycles. The maximum absolute atomic E-state index is 12.3. The van der Waals surface area contributed by atoms with Gasteiger partial charge in [0, 0.05) is 22.8 Å². The van der Waals surface area contributed by atoms with Gasteiger partial charge in [-0.05, 0) is 62.4 Å². The first-order chi connectivity index (χ1) is 11.0. The highest BCUT2D eigenvalue weighted by atomic mass is 32.2. The van der Waals surface area contributed by atoms with E-state index >= 15 is 0 Å². The van der Waals surface area contributed by atoms with Crippen molar-refractivity contribution in [2.75, 3.05) is 19.6 Å². The molecule has 1 saturated heterocycles. The van der Waals surface area contributed by atoms with E-state index in [-0.39, 0.29) is 0 Å². The summed E-state index contributed by atoms with van der Waals surface area (Å²) in [6.45, 7) is 5.58. The van der Waals surface area contributed by atoms with Crippen LogP contribution in [0.4, 0.5) is 0 Å². The summed E-state index contributed by atoms with van der Waals surface area (Å²) in [5, 5.41) is 2.11. The third-order valence-corrected chi connectivity index (χ3v) is 7.99. The highest BCUT2D eigenvalue weighted by Gasteiger charge is 2.22. The number of likely N-dealkylation sites (tertiary alicyclic amines) is 1. The van der Waals surface area contributed by atoms with Crippen molar-refractivity contribution in [3.8, 4) is 0 Å². The molecule has 1 aliphatic heterocycles. The zero-order valence-corrected chi connectivity index (χ0v) is 15.6. The van der Waals surface area contributed by atoms with Crippen molar-refractivity contribution in [2.24, 2.45) is 5.92 Å². The third kappa shape index (κ3) is 4.64. The zero-order valence-electron chi connectivity index (χ0n) is 13.2. The van der Waals surface area contributed by atoms with E-state index in [1.54, 1.807) is 17.4 Å². The summed E-state index contributed by atoms with van der Waals surface area (Å²) in [5.74, 6) is 0.436. The molecule has 7 heteroatoms. The molecule has 2 aromatic rings. The SMILES string of the molecule is Cc1ccc(S(=O)(=O)NCC2CCN(Cc3cccs3)CC2)s1. The summed E-state index contributed by atoms with van der Waals surface area (Å²) in [4.78, 5) is 4.88. The lowest BCUT2D eigenvalue weighted by Crippen LogP contribution is -2.38. The normalized spacial score (nSPS) is 17.6. The minimum atomic E-state index is -3.34. The Bertz CT molecular complexity index is 714. The minimum Gasteiger partial charge on any atom is -0.298 e. The van der Waals surface area contributed by atoms with Crippen LogP contribution in [0.5, 0.6) is 0 Å². The van der Waals surface area contributed by atoms with Gasteiger partial charge in [0.1, 0.15) is 4.21 Å². The van der Waals surface area contributed by atoms with Crippen molar-refractivity contribution in [2.45, 2.75) is 30.5 Å². The van der Waals surface area contributed by atoms with Crippen molar-refractivity contribution >= 4 is 32.7 Å². The fraction of sp³-hybridized carbons (Fsp3) is 0.500. The first-order valence-electron chi connectivity index (χ1n) is 7.84. The van der Waals surface area contributed by atoms with Crippen molar-refractivity contribution in [3.63, 3.8) is 0 Å². The van der Waals surface area contributed by atoms with E-state index in [2.05, 4.69) is 27.1 Å². The van der Waals surface area contributed by atoms with Gasteiger partial charge in [-0.2, -0.15) is 0 Å². The Morgan fingerprint density at radius 3 is 2.65 bits per heavy atom. The lowest BCUT2D eigenvalue weighted by molar-refractivity contribution is 0.180. The van der Waals surface area contributed by atoms with Crippen LogP contribution < -0.4 is 4.72 Å². The lowest BCUT2D eigenvalue weighted by Gasteiger charge is -2.31. The van der Waals surface area contributed by atoms with Gasteiger partial charge in [-0.3, -0.25) is 4.90 Å². The van der Waals surface area contributed by atoms with Gasteiger partial charge in [-0.1, -0.05) is 6.07 Å². The zero-order chi connectivity index (χ0) is 16.3. The Morgan fingerprint density at radius 1 is 1.26 bits per heavy atom. The van der Waals surface area contributed by atoms with Gasteiger partial charge < -0.3 is 0 Å². The van der Waals surface area contributed by atoms with E-state index in [0.717, 1.165) is 37.4 Å². The Morgan fingerprint density at radius 2 is 2.04 bits per heavy atom. The van der Waals surface area contributed by atoms with Crippen molar-refractivity contribution in [3.05, 3.63) is 39.4 Å². The highest BCUT2D eigenvalue weighted by Crippen LogP contribution is 2.23. The first-order valence-corrected chi connectivity index (χ1v) is 11.0. The quantitative estimate of drug-likeness (QED) is 0.849. The second kappa shape index (κ2) is 7.44. The molecule has 126 valence electrons. The van der Waals surface area contributed by atoms with E-state index in [1.165, 1.54) is 16.2 Å². The maximum Gasteiger partial charge on any atom is 0.250 e. The van der Waals surface area contributed by atoms with Crippen LogP contribution in [-0.4, -0.2) is 33.0 Å². The molecule has 1 fully saturated rings. The summed E-state index contributed by atoms with van der Waals surface area (Å²) >= 11 is 3.12. The predicted octanol–water partition coefficient (Wildman–Crippen LogP) is 3.31. The molecule has 0 amide bonds. The standard InChI is InChI=1S/C16H22N2O2S3/c1-13-4-5-16(22-13)23(19,20)17-11-14-6-8-18(9-7-14)12-15-3-2-10-21-15/h2-5,10,14,17H,6-9,11-12H2,1H3. The average Bonchev–Trinajstić information content (AvgIpc) is 3.18. The molecule has 0 aromatic carbocycles. The van der Waals surface area contributed by atoms with Crippen molar-refractivity contribution < 1.29 is 8.42 Å². The molecule has 4 nitrogen and oxygen atoms in total. The fourth-order valence-corrected chi connectivity index (χ4v) is 6.02. The van der Waals surface area contributed by atoms with Crippen LogP contribution >= 0.6 is 22.7 Å². The third-order valence-electron chi connectivity index (χ3n) is 4.21. The van der Waals surface area contributed by atoms with Gasteiger partial charge in [0.2, 0.25) is 10.0 Å². The second-order valence-electron chi connectivity index (χ2n) is 6.02. The van der Waals surface area contributed by atoms with Gasteiger partial charge in [0.25, 0.3) is 0 Å². The largest absolute Gasteiger partial charge is 0.298 e. The number of piperidine rings is 1. The van der Waals surface area contributed by atoms with E-state index in [4.69, 9.17) is 0 Å². The smallest absolute Gasteiger partial charge is 0.250 e. The summed E-state index contributed by atoms with van der Waals surface area (Å²) in [7, 11) is -3.34. The average molecular weight is 371 g/mol. The number of nitrogens with zero attached hydrogens (tertiary/aromatic N) is 1.